The molecule has 3 aromatic rings. The summed E-state index contributed by atoms with van der Waals surface area (Å²) in [5.41, 5.74) is 2.99. The number of nitrogens with zero attached hydrogens (tertiary/aromatic N) is 1. The van der Waals surface area contributed by atoms with Gasteiger partial charge in [-0.25, -0.2) is 4.39 Å². The number of hydrogen-bond donors (Lipinski definition) is 1. The van der Waals surface area contributed by atoms with Crippen LogP contribution in [0, 0.1) is 5.82 Å². The number of rotatable bonds is 7. The summed E-state index contributed by atoms with van der Waals surface area (Å²) in [4.78, 5) is 14.9. The molecule has 33 heavy (non-hydrogen) atoms. The summed E-state index contributed by atoms with van der Waals surface area (Å²) in [5, 5.41) is 2.79. The number of ether oxygens (including phenoxy) is 3. The van der Waals surface area contributed by atoms with E-state index in [1.54, 1.807) is 38.5 Å². The Bertz CT molecular complexity index is 1140. The number of nitrogens with one attached hydrogen (secondary N) is 1. The maximum Gasteiger partial charge on any atom is 0.251 e. The third-order valence-corrected chi connectivity index (χ3v) is 5.63. The van der Waals surface area contributed by atoms with Crippen molar-refractivity contribution in [2.75, 3.05) is 27.4 Å². The second-order valence-electron chi connectivity index (χ2n) is 7.85. The van der Waals surface area contributed by atoms with Crippen LogP contribution in [0.2, 0.25) is 0 Å². The molecular weight excluding hydrogens is 423 g/mol. The zero-order chi connectivity index (χ0) is 23.2. The van der Waals surface area contributed by atoms with Crippen LogP contribution in [-0.4, -0.2) is 38.2 Å². The van der Waals surface area contributed by atoms with Gasteiger partial charge in [-0.05, 0) is 42.0 Å². The molecule has 0 bridgehead atoms. The fourth-order valence-corrected chi connectivity index (χ4v) is 3.88. The molecule has 0 unspecified atom stereocenters. The molecule has 0 radical (unpaired) electrons. The predicted octanol–water partition coefficient (Wildman–Crippen LogP) is 4.17. The smallest absolute Gasteiger partial charge is 0.251 e. The SMILES string of the molecule is COc1ccc(CN2CCOc3ccc(C(=O)NCc4ccccc4F)cc3C2)cc1OC. The largest absolute Gasteiger partial charge is 0.493 e. The lowest BCUT2D eigenvalue weighted by atomic mass is 10.1. The number of methoxy groups -OCH3 is 2. The predicted molar refractivity (Wildman–Crippen MR) is 123 cm³/mol. The fraction of sp³-hybridized carbons (Fsp3) is 0.269. The zero-order valence-electron chi connectivity index (χ0n) is 18.8. The highest BCUT2D eigenvalue weighted by Gasteiger charge is 2.18. The van der Waals surface area contributed by atoms with E-state index in [0.29, 0.717) is 42.3 Å². The molecule has 6 nitrogen and oxygen atoms in total. The summed E-state index contributed by atoms with van der Waals surface area (Å²) < 4.78 is 30.5. The van der Waals surface area contributed by atoms with Gasteiger partial charge in [0.1, 0.15) is 18.2 Å². The van der Waals surface area contributed by atoms with E-state index in [0.717, 1.165) is 23.4 Å². The molecule has 0 saturated heterocycles. The topological polar surface area (TPSA) is 60.0 Å². The third-order valence-electron chi connectivity index (χ3n) is 5.63. The Hall–Kier alpha value is -3.58. The summed E-state index contributed by atoms with van der Waals surface area (Å²) >= 11 is 0. The zero-order valence-corrected chi connectivity index (χ0v) is 18.8. The van der Waals surface area contributed by atoms with E-state index in [4.69, 9.17) is 14.2 Å². The molecule has 0 fully saturated rings. The summed E-state index contributed by atoms with van der Waals surface area (Å²) in [7, 11) is 3.24. The second-order valence-corrected chi connectivity index (χ2v) is 7.85. The molecule has 1 heterocycles. The fourth-order valence-electron chi connectivity index (χ4n) is 3.88. The molecule has 4 rings (SSSR count). The molecule has 0 saturated carbocycles. The molecule has 3 aromatic carbocycles. The monoisotopic (exact) mass is 450 g/mol. The minimum Gasteiger partial charge on any atom is -0.493 e. The van der Waals surface area contributed by atoms with Gasteiger partial charge in [-0.15, -0.1) is 0 Å². The van der Waals surface area contributed by atoms with E-state index in [2.05, 4.69) is 10.2 Å². The van der Waals surface area contributed by atoms with Gasteiger partial charge >= 0.3 is 0 Å². The van der Waals surface area contributed by atoms with Gasteiger partial charge < -0.3 is 19.5 Å². The van der Waals surface area contributed by atoms with Crippen molar-refractivity contribution in [3.8, 4) is 17.2 Å². The maximum absolute atomic E-state index is 13.8. The lowest BCUT2D eigenvalue weighted by molar-refractivity contribution is 0.0950. The van der Waals surface area contributed by atoms with Crippen LogP contribution in [0.4, 0.5) is 4.39 Å². The molecule has 0 aliphatic carbocycles. The Morgan fingerprint density at radius 3 is 2.67 bits per heavy atom. The Morgan fingerprint density at radius 2 is 1.88 bits per heavy atom. The third kappa shape index (κ3) is 5.43. The van der Waals surface area contributed by atoms with E-state index in [1.165, 1.54) is 6.07 Å². The lowest BCUT2D eigenvalue weighted by Gasteiger charge is -2.20. The highest BCUT2D eigenvalue weighted by molar-refractivity contribution is 5.94. The molecule has 0 atom stereocenters. The van der Waals surface area contributed by atoms with Gasteiger partial charge in [0.15, 0.2) is 11.5 Å². The number of fused-ring (bicyclic) bond motifs is 1. The summed E-state index contributed by atoms with van der Waals surface area (Å²) in [6, 6.07) is 17.7. The van der Waals surface area contributed by atoms with Crippen molar-refractivity contribution in [3.05, 3.63) is 88.7 Å². The molecule has 0 spiro atoms. The molecular formula is C26H27FN2O4. The van der Waals surface area contributed by atoms with Gasteiger partial charge in [0, 0.05) is 42.9 Å². The van der Waals surface area contributed by atoms with Crippen LogP contribution in [0.5, 0.6) is 17.2 Å². The van der Waals surface area contributed by atoms with Crippen LogP contribution in [0.3, 0.4) is 0 Å². The van der Waals surface area contributed by atoms with Crippen molar-refractivity contribution >= 4 is 5.91 Å². The van der Waals surface area contributed by atoms with Crippen molar-refractivity contribution in [2.24, 2.45) is 0 Å². The van der Waals surface area contributed by atoms with Gasteiger partial charge in [-0.1, -0.05) is 24.3 Å². The molecule has 1 amide bonds. The number of carbonyl (C=O) groups excluding carboxylic acids is 1. The van der Waals surface area contributed by atoms with E-state index in [1.807, 2.05) is 30.3 Å². The quantitative estimate of drug-likeness (QED) is 0.586. The molecule has 172 valence electrons. The first-order valence-electron chi connectivity index (χ1n) is 10.8. The number of carbonyl (C=O) groups is 1. The van der Waals surface area contributed by atoms with E-state index < -0.39 is 0 Å². The van der Waals surface area contributed by atoms with Gasteiger partial charge in [-0.3, -0.25) is 9.69 Å². The standard InChI is InChI=1S/C26H27FN2O4/c1-31-24-9-7-18(13-25(24)32-2)16-29-11-12-33-23-10-8-19(14-21(23)17-29)26(30)28-15-20-5-3-4-6-22(20)27/h3-10,13-14H,11-12,15-17H2,1-2H3,(H,28,30). The Balaban J connectivity index is 1.46. The Morgan fingerprint density at radius 1 is 1.06 bits per heavy atom. The average Bonchev–Trinajstić information content (AvgIpc) is 3.04. The Kier molecular flexibility index (Phi) is 7.10. The second kappa shape index (κ2) is 10.4. The highest BCUT2D eigenvalue weighted by Crippen LogP contribution is 2.29. The van der Waals surface area contributed by atoms with E-state index >= 15 is 0 Å². The van der Waals surface area contributed by atoms with Gasteiger partial charge in [-0.2, -0.15) is 0 Å². The maximum atomic E-state index is 13.8. The summed E-state index contributed by atoms with van der Waals surface area (Å²) in [6.45, 7) is 2.77. The van der Waals surface area contributed by atoms with Crippen LogP contribution in [0.1, 0.15) is 27.0 Å². The minimum atomic E-state index is -0.334. The number of hydrogen-bond acceptors (Lipinski definition) is 5. The number of halogens is 1. The van der Waals surface area contributed by atoms with Crippen LogP contribution >= 0.6 is 0 Å². The molecule has 1 aliphatic rings. The number of amides is 1. The van der Waals surface area contributed by atoms with Gasteiger partial charge in [0.2, 0.25) is 0 Å². The molecule has 0 aromatic heterocycles. The van der Waals surface area contributed by atoms with E-state index in [9.17, 15) is 9.18 Å². The van der Waals surface area contributed by atoms with Crippen molar-refractivity contribution in [1.82, 2.24) is 10.2 Å². The Labute approximate surface area is 192 Å². The van der Waals surface area contributed by atoms with Crippen molar-refractivity contribution < 1.29 is 23.4 Å². The first-order valence-corrected chi connectivity index (χ1v) is 10.8. The average molecular weight is 451 g/mol. The van der Waals surface area contributed by atoms with Crippen LogP contribution in [0.15, 0.2) is 60.7 Å². The van der Waals surface area contributed by atoms with Crippen LogP contribution < -0.4 is 19.5 Å². The van der Waals surface area contributed by atoms with Crippen LogP contribution in [0.25, 0.3) is 0 Å². The first-order chi connectivity index (χ1) is 16.1. The van der Waals surface area contributed by atoms with Gasteiger partial charge in [0.25, 0.3) is 5.91 Å². The number of benzene rings is 3. The van der Waals surface area contributed by atoms with Crippen molar-refractivity contribution in [2.45, 2.75) is 19.6 Å². The molecule has 7 heteroatoms. The summed E-state index contributed by atoms with van der Waals surface area (Å²) in [5.74, 6) is 1.57. The van der Waals surface area contributed by atoms with Crippen molar-refractivity contribution in [3.63, 3.8) is 0 Å². The van der Waals surface area contributed by atoms with Gasteiger partial charge in [0.05, 0.1) is 14.2 Å². The lowest BCUT2D eigenvalue weighted by Crippen LogP contribution is -2.25. The molecule has 1 N–H and O–H groups in total. The van der Waals surface area contributed by atoms with Crippen molar-refractivity contribution in [1.29, 1.82) is 0 Å². The first kappa shape index (κ1) is 22.6. The molecule has 1 aliphatic heterocycles. The van der Waals surface area contributed by atoms with E-state index in [-0.39, 0.29) is 18.3 Å². The minimum absolute atomic E-state index is 0.129. The normalized spacial score (nSPS) is 13.4. The highest BCUT2D eigenvalue weighted by atomic mass is 19.1. The van der Waals surface area contributed by atoms with Crippen LogP contribution in [-0.2, 0) is 19.6 Å². The summed E-state index contributed by atoms with van der Waals surface area (Å²) in [6.07, 6.45) is 0.